The normalized spacial score (nSPS) is 14.4. The van der Waals surface area contributed by atoms with Crippen molar-refractivity contribution in [3.63, 3.8) is 0 Å². The molecule has 0 aromatic rings. The third-order valence-electron chi connectivity index (χ3n) is 0.792. The van der Waals surface area contributed by atoms with E-state index in [1.807, 2.05) is 26.2 Å². The summed E-state index contributed by atoms with van der Waals surface area (Å²) in [5, 5.41) is 2.89. The quantitative estimate of drug-likeness (QED) is 0.559. The number of nitrogens with two attached hydrogens (primary N) is 1. The molecule has 0 rings (SSSR count). The lowest BCUT2D eigenvalue weighted by atomic mass is 10.2. The average molecular weight is 114 g/mol. The summed E-state index contributed by atoms with van der Waals surface area (Å²) in [6.45, 7) is 1.99. The van der Waals surface area contributed by atoms with Crippen molar-refractivity contribution < 1.29 is 0 Å². The van der Waals surface area contributed by atoms with Crippen LogP contribution in [0.5, 0.6) is 0 Å². The van der Waals surface area contributed by atoms with Gasteiger partial charge in [-0.15, -0.1) is 0 Å². The minimum atomic E-state index is 0.277. The third kappa shape index (κ3) is 5.50. The fourth-order valence-electron chi connectivity index (χ4n) is 0.401. The van der Waals surface area contributed by atoms with E-state index < -0.39 is 0 Å². The second kappa shape index (κ2) is 4.65. The van der Waals surface area contributed by atoms with Crippen LogP contribution in [0.25, 0.3) is 0 Å². The van der Waals surface area contributed by atoms with Crippen LogP contribution in [-0.4, -0.2) is 13.1 Å². The molecule has 1 unspecified atom stereocenters. The van der Waals surface area contributed by atoms with Crippen LogP contribution in [0.2, 0.25) is 0 Å². The summed E-state index contributed by atoms with van der Waals surface area (Å²) in [4.78, 5) is 0. The molecule has 0 aliphatic heterocycles. The molecule has 0 aliphatic carbocycles. The van der Waals surface area contributed by atoms with Crippen molar-refractivity contribution in [3.8, 4) is 0 Å². The van der Waals surface area contributed by atoms with E-state index >= 15 is 0 Å². The van der Waals surface area contributed by atoms with E-state index in [0.29, 0.717) is 0 Å². The van der Waals surface area contributed by atoms with Gasteiger partial charge in [0, 0.05) is 13.1 Å². The maximum atomic E-state index is 5.45. The minimum Gasteiger partial charge on any atom is -0.394 e. The Morgan fingerprint density at radius 2 is 2.38 bits per heavy atom. The molecule has 0 spiro atoms. The Bertz CT molecular complexity index is 66.9. The fraction of sp³-hybridized carbons (Fsp3) is 0.667. The van der Waals surface area contributed by atoms with Crippen molar-refractivity contribution >= 4 is 0 Å². The molecule has 0 saturated heterocycles. The van der Waals surface area contributed by atoms with Crippen LogP contribution < -0.4 is 11.1 Å². The van der Waals surface area contributed by atoms with Gasteiger partial charge in [-0.2, -0.15) is 0 Å². The minimum absolute atomic E-state index is 0.277. The molecule has 2 heteroatoms. The SMILES string of the molecule is CN/C=C/CC(C)N. The predicted molar refractivity (Wildman–Crippen MR) is 36.5 cm³/mol. The Kier molecular flexibility index (Phi) is 4.36. The van der Waals surface area contributed by atoms with Crippen LogP contribution in [0.3, 0.4) is 0 Å². The van der Waals surface area contributed by atoms with Crippen LogP contribution in [0, 0.1) is 0 Å². The van der Waals surface area contributed by atoms with Gasteiger partial charge in [0.05, 0.1) is 0 Å². The molecular weight excluding hydrogens is 100 g/mol. The molecule has 0 aromatic heterocycles. The number of rotatable bonds is 3. The summed E-state index contributed by atoms with van der Waals surface area (Å²) in [5.41, 5.74) is 5.45. The third-order valence-corrected chi connectivity index (χ3v) is 0.792. The standard InChI is InChI=1S/C6H14N2/c1-6(7)4-3-5-8-2/h3,5-6,8H,4,7H2,1-2H3/b5-3+. The second-order valence-corrected chi connectivity index (χ2v) is 1.90. The van der Waals surface area contributed by atoms with Gasteiger partial charge in [0.2, 0.25) is 0 Å². The highest BCUT2D eigenvalue weighted by Crippen LogP contribution is 1.84. The van der Waals surface area contributed by atoms with Gasteiger partial charge in [-0.1, -0.05) is 6.08 Å². The summed E-state index contributed by atoms with van der Waals surface area (Å²) in [7, 11) is 1.87. The first-order valence-electron chi connectivity index (χ1n) is 2.85. The number of nitrogens with one attached hydrogen (secondary N) is 1. The van der Waals surface area contributed by atoms with E-state index in [0.717, 1.165) is 6.42 Å². The van der Waals surface area contributed by atoms with Gasteiger partial charge in [0.15, 0.2) is 0 Å². The zero-order valence-corrected chi connectivity index (χ0v) is 5.52. The largest absolute Gasteiger partial charge is 0.394 e. The van der Waals surface area contributed by atoms with Gasteiger partial charge in [-0.05, 0) is 19.5 Å². The molecular formula is C6H14N2. The van der Waals surface area contributed by atoms with E-state index in [4.69, 9.17) is 5.73 Å². The number of hydrogen-bond acceptors (Lipinski definition) is 2. The highest BCUT2D eigenvalue weighted by atomic mass is 14.8. The summed E-state index contributed by atoms with van der Waals surface area (Å²) < 4.78 is 0. The molecule has 48 valence electrons. The van der Waals surface area contributed by atoms with Crippen molar-refractivity contribution in [2.24, 2.45) is 5.73 Å². The van der Waals surface area contributed by atoms with Gasteiger partial charge in [0.1, 0.15) is 0 Å². The molecule has 0 heterocycles. The van der Waals surface area contributed by atoms with Gasteiger partial charge in [-0.25, -0.2) is 0 Å². The smallest absolute Gasteiger partial charge is 0.00456 e. The van der Waals surface area contributed by atoms with Crippen molar-refractivity contribution in [3.05, 3.63) is 12.3 Å². The van der Waals surface area contributed by atoms with Gasteiger partial charge in [0.25, 0.3) is 0 Å². The van der Waals surface area contributed by atoms with E-state index in [1.54, 1.807) is 0 Å². The maximum Gasteiger partial charge on any atom is 0.00456 e. The van der Waals surface area contributed by atoms with E-state index in [9.17, 15) is 0 Å². The lowest BCUT2D eigenvalue weighted by Crippen LogP contribution is -2.13. The van der Waals surface area contributed by atoms with Crippen LogP contribution in [0.15, 0.2) is 12.3 Å². The maximum absolute atomic E-state index is 5.45. The Hall–Kier alpha value is -0.500. The predicted octanol–water partition coefficient (Wildman–Crippen LogP) is 0.457. The molecule has 0 aliphatic rings. The monoisotopic (exact) mass is 114 g/mol. The van der Waals surface area contributed by atoms with Gasteiger partial charge in [-0.3, -0.25) is 0 Å². The van der Waals surface area contributed by atoms with Crippen molar-refractivity contribution in [2.75, 3.05) is 7.05 Å². The molecule has 1 atom stereocenters. The molecule has 0 radical (unpaired) electrons. The van der Waals surface area contributed by atoms with Crippen LogP contribution in [0.4, 0.5) is 0 Å². The number of hydrogen-bond donors (Lipinski definition) is 2. The topological polar surface area (TPSA) is 38.0 Å². The van der Waals surface area contributed by atoms with Crippen LogP contribution >= 0.6 is 0 Å². The first-order valence-corrected chi connectivity index (χ1v) is 2.85. The molecule has 0 aromatic carbocycles. The second-order valence-electron chi connectivity index (χ2n) is 1.90. The molecule has 0 bridgehead atoms. The summed E-state index contributed by atoms with van der Waals surface area (Å²) in [6.07, 6.45) is 4.86. The highest BCUT2D eigenvalue weighted by molar-refractivity contribution is 4.80. The lowest BCUT2D eigenvalue weighted by molar-refractivity contribution is 0.754. The van der Waals surface area contributed by atoms with Gasteiger partial charge >= 0.3 is 0 Å². The summed E-state index contributed by atoms with van der Waals surface area (Å²) >= 11 is 0. The van der Waals surface area contributed by atoms with E-state index in [1.165, 1.54) is 0 Å². The Morgan fingerprint density at radius 1 is 1.75 bits per heavy atom. The Balaban J connectivity index is 3.03. The molecule has 8 heavy (non-hydrogen) atoms. The molecule has 0 amide bonds. The van der Waals surface area contributed by atoms with E-state index in [-0.39, 0.29) is 6.04 Å². The molecule has 0 fully saturated rings. The fourth-order valence-corrected chi connectivity index (χ4v) is 0.401. The highest BCUT2D eigenvalue weighted by Gasteiger charge is 1.84. The Morgan fingerprint density at radius 3 is 2.75 bits per heavy atom. The van der Waals surface area contributed by atoms with Crippen molar-refractivity contribution in [1.29, 1.82) is 0 Å². The van der Waals surface area contributed by atoms with Crippen LogP contribution in [-0.2, 0) is 0 Å². The first kappa shape index (κ1) is 7.50. The molecule has 0 saturated carbocycles. The summed E-state index contributed by atoms with van der Waals surface area (Å²) in [5.74, 6) is 0. The molecule has 3 N–H and O–H groups in total. The van der Waals surface area contributed by atoms with Crippen molar-refractivity contribution in [2.45, 2.75) is 19.4 Å². The Labute approximate surface area is 50.8 Å². The first-order chi connectivity index (χ1) is 3.77. The van der Waals surface area contributed by atoms with Crippen LogP contribution in [0.1, 0.15) is 13.3 Å². The molecule has 2 nitrogen and oxygen atoms in total. The van der Waals surface area contributed by atoms with Gasteiger partial charge < -0.3 is 11.1 Å². The van der Waals surface area contributed by atoms with Crippen molar-refractivity contribution in [1.82, 2.24) is 5.32 Å². The lowest BCUT2D eigenvalue weighted by Gasteiger charge is -1.95. The zero-order valence-electron chi connectivity index (χ0n) is 5.52. The zero-order chi connectivity index (χ0) is 6.41. The van der Waals surface area contributed by atoms with E-state index in [2.05, 4.69) is 5.32 Å². The summed E-state index contributed by atoms with van der Waals surface area (Å²) in [6, 6.07) is 0.277. The average Bonchev–Trinajstić information content (AvgIpc) is 1.66.